The molecule has 0 fully saturated rings. The summed E-state index contributed by atoms with van der Waals surface area (Å²) in [7, 11) is 1.56. The number of fused-ring (bicyclic) bond motifs is 1. The molecule has 0 spiro atoms. The third-order valence-electron chi connectivity index (χ3n) is 5.43. The van der Waals surface area contributed by atoms with Gasteiger partial charge in [0.1, 0.15) is 23.6 Å². The van der Waals surface area contributed by atoms with E-state index in [2.05, 4.69) is 15.6 Å². The zero-order valence-corrected chi connectivity index (χ0v) is 19.4. The van der Waals surface area contributed by atoms with Gasteiger partial charge in [-0.2, -0.15) is 0 Å². The van der Waals surface area contributed by atoms with E-state index in [1.165, 1.54) is 9.58 Å². The molecule has 1 N–H and O–H groups in total. The molecule has 4 aromatic rings. The Morgan fingerprint density at radius 3 is 2.56 bits per heavy atom. The second-order valence-electron chi connectivity index (χ2n) is 7.97. The number of nitrogens with zero attached hydrogens (tertiary/aromatic N) is 4. The molecule has 0 saturated carbocycles. The number of carbonyl (C=O) groups is 2. The standard InChI is InChI=1S/C25H27N5O4/c1-17-8-11-19(12-9-17)30(23(31)16-29-21-7-5-4-6-20(21)27-28-29)24(22-13-10-18(2)34-22)25(32)26-14-15-33-3/h4-13,24H,14-16H2,1-3H3,(H,26,32)/t24-/m0/s1. The summed E-state index contributed by atoms with van der Waals surface area (Å²) >= 11 is 0. The van der Waals surface area contributed by atoms with E-state index in [0.717, 1.165) is 11.1 Å². The summed E-state index contributed by atoms with van der Waals surface area (Å²) in [6.45, 7) is 4.30. The van der Waals surface area contributed by atoms with E-state index in [1.807, 2.05) is 55.5 Å². The first kappa shape index (κ1) is 23.2. The van der Waals surface area contributed by atoms with Crippen LogP contribution >= 0.6 is 0 Å². The molecule has 0 aliphatic heterocycles. The minimum Gasteiger partial charge on any atom is -0.464 e. The molecule has 2 amide bonds. The molecule has 9 heteroatoms. The van der Waals surface area contributed by atoms with Gasteiger partial charge in [0.15, 0.2) is 6.04 Å². The van der Waals surface area contributed by atoms with Crippen molar-refractivity contribution in [2.75, 3.05) is 25.2 Å². The molecular formula is C25H27N5O4. The number of benzene rings is 2. The molecule has 9 nitrogen and oxygen atoms in total. The van der Waals surface area contributed by atoms with Crippen LogP contribution in [0.15, 0.2) is 65.1 Å². The normalized spacial score (nSPS) is 12.0. The lowest BCUT2D eigenvalue weighted by Crippen LogP contribution is -2.45. The molecule has 0 aliphatic carbocycles. The van der Waals surface area contributed by atoms with Crippen LogP contribution in [0, 0.1) is 13.8 Å². The molecule has 34 heavy (non-hydrogen) atoms. The lowest BCUT2D eigenvalue weighted by Gasteiger charge is -2.30. The minimum absolute atomic E-state index is 0.101. The van der Waals surface area contributed by atoms with Crippen molar-refractivity contribution in [3.05, 3.63) is 77.7 Å². The van der Waals surface area contributed by atoms with Crippen molar-refractivity contribution in [2.24, 2.45) is 0 Å². The topological polar surface area (TPSA) is 102 Å². The Kier molecular flexibility index (Phi) is 7.03. The van der Waals surface area contributed by atoms with Gasteiger partial charge in [-0.05, 0) is 50.2 Å². The number of ether oxygens (including phenoxy) is 1. The molecule has 0 radical (unpaired) electrons. The van der Waals surface area contributed by atoms with Gasteiger partial charge in [-0.1, -0.05) is 35.0 Å². The summed E-state index contributed by atoms with van der Waals surface area (Å²) in [5.41, 5.74) is 3.02. The number of furan rings is 1. The first-order chi connectivity index (χ1) is 16.5. The Morgan fingerprint density at radius 2 is 1.85 bits per heavy atom. The van der Waals surface area contributed by atoms with Crippen LogP contribution in [0.4, 0.5) is 5.69 Å². The maximum absolute atomic E-state index is 13.8. The number of aromatic nitrogens is 3. The predicted octanol–water partition coefficient (Wildman–Crippen LogP) is 3.18. The van der Waals surface area contributed by atoms with Gasteiger partial charge in [-0.3, -0.25) is 14.5 Å². The molecule has 2 heterocycles. The summed E-state index contributed by atoms with van der Waals surface area (Å²) in [5.74, 6) is 0.303. The molecule has 176 valence electrons. The SMILES string of the molecule is COCCNC(=O)[C@H](c1ccc(C)o1)N(C(=O)Cn1nnc2ccccc21)c1ccc(C)cc1. The van der Waals surface area contributed by atoms with Crippen LogP contribution < -0.4 is 10.2 Å². The van der Waals surface area contributed by atoms with Gasteiger partial charge < -0.3 is 14.5 Å². The van der Waals surface area contributed by atoms with Gasteiger partial charge in [0.25, 0.3) is 5.91 Å². The van der Waals surface area contributed by atoms with E-state index in [1.54, 1.807) is 26.2 Å². The minimum atomic E-state index is -1.02. The van der Waals surface area contributed by atoms with Crippen molar-refractivity contribution in [3.63, 3.8) is 0 Å². The number of methoxy groups -OCH3 is 1. The first-order valence-corrected chi connectivity index (χ1v) is 11.0. The van der Waals surface area contributed by atoms with Crippen LogP contribution in [-0.2, 0) is 20.9 Å². The Hall–Kier alpha value is -3.98. The van der Waals surface area contributed by atoms with Crippen LogP contribution in [0.1, 0.15) is 23.1 Å². The van der Waals surface area contributed by atoms with Gasteiger partial charge in [-0.15, -0.1) is 5.10 Å². The summed E-state index contributed by atoms with van der Waals surface area (Å²) < 4.78 is 12.4. The molecular weight excluding hydrogens is 434 g/mol. The fourth-order valence-electron chi connectivity index (χ4n) is 3.73. The lowest BCUT2D eigenvalue weighted by molar-refractivity contribution is -0.127. The van der Waals surface area contributed by atoms with Gasteiger partial charge in [0.2, 0.25) is 5.91 Å². The number of carbonyl (C=O) groups excluding carboxylic acids is 2. The Labute approximate surface area is 197 Å². The number of rotatable bonds is 9. The number of hydrogen-bond donors (Lipinski definition) is 1. The Morgan fingerprint density at radius 1 is 1.09 bits per heavy atom. The number of amides is 2. The highest BCUT2D eigenvalue weighted by molar-refractivity contribution is 6.01. The van der Waals surface area contributed by atoms with Crippen molar-refractivity contribution < 1.29 is 18.7 Å². The first-order valence-electron chi connectivity index (χ1n) is 11.0. The van der Waals surface area contributed by atoms with Gasteiger partial charge >= 0.3 is 0 Å². The van der Waals surface area contributed by atoms with Gasteiger partial charge in [-0.25, -0.2) is 4.68 Å². The van der Waals surface area contributed by atoms with E-state index in [4.69, 9.17) is 9.15 Å². The van der Waals surface area contributed by atoms with Gasteiger partial charge in [0, 0.05) is 19.3 Å². The second kappa shape index (κ2) is 10.3. The zero-order valence-electron chi connectivity index (χ0n) is 19.4. The van der Waals surface area contributed by atoms with Crippen LogP contribution in [0.5, 0.6) is 0 Å². The number of para-hydroxylation sites is 1. The largest absolute Gasteiger partial charge is 0.464 e. The number of aryl methyl sites for hydroxylation is 2. The lowest BCUT2D eigenvalue weighted by atomic mass is 10.1. The fraction of sp³-hybridized carbons (Fsp3) is 0.280. The summed E-state index contributed by atoms with van der Waals surface area (Å²) in [5, 5.41) is 11.1. The maximum Gasteiger partial charge on any atom is 0.251 e. The fourth-order valence-corrected chi connectivity index (χ4v) is 3.73. The molecule has 0 aliphatic rings. The molecule has 0 saturated heterocycles. The highest BCUT2D eigenvalue weighted by Gasteiger charge is 2.35. The van der Waals surface area contributed by atoms with Crippen molar-refractivity contribution in [2.45, 2.75) is 26.4 Å². The third-order valence-corrected chi connectivity index (χ3v) is 5.43. The molecule has 1 atom stereocenters. The van der Waals surface area contributed by atoms with Crippen LogP contribution in [-0.4, -0.2) is 47.1 Å². The average Bonchev–Trinajstić information content (AvgIpc) is 3.44. The number of anilines is 1. The molecule has 4 rings (SSSR count). The number of nitrogens with one attached hydrogen (secondary N) is 1. The highest BCUT2D eigenvalue weighted by Crippen LogP contribution is 2.30. The van der Waals surface area contributed by atoms with Crippen LogP contribution in [0.3, 0.4) is 0 Å². The van der Waals surface area contributed by atoms with Crippen molar-refractivity contribution in [1.82, 2.24) is 20.3 Å². The molecule has 2 aromatic heterocycles. The summed E-state index contributed by atoms with van der Waals surface area (Å²) in [6.07, 6.45) is 0. The third kappa shape index (κ3) is 4.99. The van der Waals surface area contributed by atoms with Crippen molar-refractivity contribution in [1.29, 1.82) is 0 Å². The maximum atomic E-state index is 13.8. The molecule has 0 unspecified atom stereocenters. The van der Waals surface area contributed by atoms with E-state index in [9.17, 15) is 9.59 Å². The summed E-state index contributed by atoms with van der Waals surface area (Å²) in [6, 6.07) is 17.3. The van der Waals surface area contributed by atoms with E-state index in [-0.39, 0.29) is 18.4 Å². The second-order valence-corrected chi connectivity index (χ2v) is 7.97. The highest BCUT2D eigenvalue weighted by atomic mass is 16.5. The average molecular weight is 462 g/mol. The molecule has 2 aromatic carbocycles. The van der Waals surface area contributed by atoms with E-state index >= 15 is 0 Å². The van der Waals surface area contributed by atoms with Gasteiger partial charge in [0.05, 0.1) is 12.1 Å². The monoisotopic (exact) mass is 461 g/mol. The predicted molar refractivity (Wildman–Crippen MR) is 127 cm³/mol. The van der Waals surface area contributed by atoms with Crippen molar-refractivity contribution in [3.8, 4) is 0 Å². The smallest absolute Gasteiger partial charge is 0.251 e. The van der Waals surface area contributed by atoms with Crippen LogP contribution in [0.25, 0.3) is 11.0 Å². The Balaban J connectivity index is 1.75. The quantitative estimate of drug-likeness (QED) is 0.384. The Bertz CT molecular complexity index is 1280. The van der Waals surface area contributed by atoms with Crippen LogP contribution in [0.2, 0.25) is 0 Å². The van der Waals surface area contributed by atoms with Crippen molar-refractivity contribution >= 4 is 28.5 Å². The van der Waals surface area contributed by atoms with E-state index < -0.39 is 6.04 Å². The van der Waals surface area contributed by atoms with E-state index in [0.29, 0.717) is 35.9 Å². The number of hydrogen-bond acceptors (Lipinski definition) is 6. The molecule has 0 bridgehead atoms. The summed E-state index contributed by atoms with van der Waals surface area (Å²) in [4.78, 5) is 28.6. The zero-order chi connectivity index (χ0) is 24.1.